The van der Waals surface area contributed by atoms with Gasteiger partial charge in [0.2, 0.25) is 10.0 Å². The molecule has 0 bridgehead atoms. The van der Waals surface area contributed by atoms with E-state index >= 15 is 0 Å². The Balaban J connectivity index is 1.78. The summed E-state index contributed by atoms with van der Waals surface area (Å²) < 4.78 is 33.6. The lowest BCUT2D eigenvalue weighted by Crippen LogP contribution is -2.48. The quantitative estimate of drug-likeness (QED) is 0.678. The monoisotopic (exact) mass is 465 g/mol. The normalized spacial score (nSPS) is 14.7. The fourth-order valence-corrected chi connectivity index (χ4v) is 5.13. The summed E-state index contributed by atoms with van der Waals surface area (Å²) >= 11 is 6.09. The first-order chi connectivity index (χ1) is 14.7. The Kier molecular flexibility index (Phi) is 7.46. The van der Waals surface area contributed by atoms with E-state index in [2.05, 4.69) is 9.62 Å². The van der Waals surface area contributed by atoms with Gasteiger partial charge in [0.25, 0.3) is 5.91 Å². The van der Waals surface area contributed by atoms with Gasteiger partial charge in [-0.05, 0) is 57.2 Å². The van der Waals surface area contributed by atoms with E-state index in [4.69, 9.17) is 16.3 Å². The third-order valence-corrected chi connectivity index (χ3v) is 6.83. The van der Waals surface area contributed by atoms with Gasteiger partial charge in [0.15, 0.2) is 0 Å². The molecule has 0 aliphatic carbocycles. The van der Waals surface area contributed by atoms with Crippen LogP contribution in [-0.4, -0.2) is 58.1 Å². The van der Waals surface area contributed by atoms with E-state index in [-0.39, 0.29) is 22.6 Å². The highest BCUT2D eigenvalue weighted by molar-refractivity contribution is 7.89. The highest BCUT2D eigenvalue weighted by atomic mass is 35.5. The molecule has 1 aliphatic heterocycles. The molecule has 0 atom stereocenters. The van der Waals surface area contributed by atoms with Crippen LogP contribution in [0.15, 0.2) is 47.4 Å². The van der Waals surface area contributed by atoms with Crippen molar-refractivity contribution in [2.24, 2.45) is 0 Å². The fourth-order valence-electron chi connectivity index (χ4n) is 3.52. The molecule has 9 heteroatoms. The van der Waals surface area contributed by atoms with Gasteiger partial charge >= 0.3 is 0 Å². The van der Waals surface area contributed by atoms with E-state index in [1.54, 1.807) is 37.8 Å². The maximum absolute atomic E-state index is 13.1. The van der Waals surface area contributed by atoms with Crippen molar-refractivity contribution >= 4 is 33.2 Å². The second-order valence-corrected chi connectivity index (χ2v) is 9.75. The first-order valence-electron chi connectivity index (χ1n) is 10.3. The van der Waals surface area contributed by atoms with Crippen LogP contribution in [0.25, 0.3) is 0 Å². The number of sulfonamides is 1. The molecule has 1 aliphatic rings. The Morgan fingerprint density at radius 2 is 1.84 bits per heavy atom. The predicted molar refractivity (Wildman–Crippen MR) is 123 cm³/mol. The zero-order chi connectivity index (χ0) is 22.6. The lowest BCUT2D eigenvalue weighted by Gasteiger charge is -2.36. The summed E-state index contributed by atoms with van der Waals surface area (Å²) in [6, 6.07) is 11.9. The molecule has 1 fully saturated rings. The largest absolute Gasteiger partial charge is 0.492 e. The number of amides is 1. The third-order valence-electron chi connectivity index (χ3n) is 4.91. The van der Waals surface area contributed by atoms with Crippen LogP contribution in [0.5, 0.6) is 5.75 Å². The van der Waals surface area contributed by atoms with Crippen LogP contribution < -0.4 is 14.4 Å². The van der Waals surface area contributed by atoms with Gasteiger partial charge in [-0.25, -0.2) is 13.1 Å². The Hall–Kier alpha value is -2.29. The first kappa shape index (κ1) is 23.4. The average Bonchev–Trinajstić information content (AvgIpc) is 2.73. The minimum Gasteiger partial charge on any atom is -0.492 e. The van der Waals surface area contributed by atoms with Crippen molar-refractivity contribution in [3.8, 4) is 5.75 Å². The summed E-state index contributed by atoms with van der Waals surface area (Å²) in [6.07, 6.45) is 0. The van der Waals surface area contributed by atoms with Gasteiger partial charge in [-0.2, -0.15) is 0 Å². The first-order valence-corrected chi connectivity index (χ1v) is 12.2. The van der Waals surface area contributed by atoms with Crippen LogP contribution in [0.2, 0.25) is 5.02 Å². The molecule has 1 saturated heterocycles. The molecule has 3 rings (SSSR count). The van der Waals surface area contributed by atoms with Gasteiger partial charge in [-0.1, -0.05) is 17.7 Å². The average molecular weight is 466 g/mol. The van der Waals surface area contributed by atoms with Crippen molar-refractivity contribution in [2.45, 2.75) is 31.7 Å². The minimum atomic E-state index is -3.81. The number of hydrogen-bond donors (Lipinski definition) is 1. The highest BCUT2D eigenvalue weighted by Crippen LogP contribution is 2.27. The molecular weight excluding hydrogens is 438 g/mol. The zero-order valence-electron chi connectivity index (χ0n) is 18.0. The molecule has 2 aromatic rings. The number of piperazine rings is 1. The molecule has 7 nitrogen and oxygen atoms in total. The summed E-state index contributed by atoms with van der Waals surface area (Å²) in [5, 5.41) is 0.675. The van der Waals surface area contributed by atoms with Crippen LogP contribution in [0.4, 0.5) is 5.69 Å². The van der Waals surface area contributed by atoms with E-state index in [0.29, 0.717) is 43.4 Å². The van der Waals surface area contributed by atoms with E-state index in [9.17, 15) is 13.2 Å². The summed E-state index contributed by atoms with van der Waals surface area (Å²) in [7, 11) is -3.81. The molecule has 0 spiro atoms. The molecule has 31 heavy (non-hydrogen) atoms. The number of carbonyl (C=O) groups is 1. The van der Waals surface area contributed by atoms with Crippen LogP contribution in [0.1, 0.15) is 31.1 Å². The van der Waals surface area contributed by atoms with Crippen LogP contribution in [-0.2, 0) is 10.0 Å². The summed E-state index contributed by atoms with van der Waals surface area (Å²) in [5.74, 6) is 0.0350. The van der Waals surface area contributed by atoms with Crippen LogP contribution in [0.3, 0.4) is 0 Å². The molecule has 2 aromatic carbocycles. The van der Waals surface area contributed by atoms with Crippen molar-refractivity contribution in [2.75, 3.05) is 37.7 Å². The van der Waals surface area contributed by atoms with Gasteiger partial charge < -0.3 is 14.5 Å². The minimum absolute atomic E-state index is 0.0218. The molecule has 0 saturated carbocycles. The Morgan fingerprint density at radius 3 is 2.45 bits per heavy atom. The van der Waals surface area contributed by atoms with E-state index in [0.717, 1.165) is 5.69 Å². The molecule has 168 valence electrons. The van der Waals surface area contributed by atoms with Gasteiger partial charge in [0, 0.05) is 48.5 Å². The molecule has 0 unspecified atom stereocenters. The van der Waals surface area contributed by atoms with Gasteiger partial charge in [-0.15, -0.1) is 0 Å². The number of ether oxygens (including phenoxy) is 1. The third kappa shape index (κ3) is 5.70. The van der Waals surface area contributed by atoms with Crippen molar-refractivity contribution < 1.29 is 17.9 Å². The van der Waals surface area contributed by atoms with Crippen LogP contribution in [0, 0.1) is 0 Å². The smallest absolute Gasteiger partial charge is 0.254 e. The van der Waals surface area contributed by atoms with Crippen molar-refractivity contribution in [1.29, 1.82) is 0 Å². The Labute approximate surface area is 189 Å². The van der Waals surface area contributed by atoms with E-state index in [1.165, 1.54) is 6.07 Å². The number of nitrogens with zero attached hydrogens (tertiary/aromatic N) is 2. The van der Waals surface area contributed by atoms with Gasteiger partial charge in [0.05, 0.1) is 6.61 Å². The zero-order valence-corrected chi connectivity index (χ0v) is 19.5. The fraction of sp³-hybridized carbons (Fsp3) is 0.409. The second kappa shape index (κ2) is 9.89. The predicted octanol–water partition coefficient (Wildman–Crippen LogP) is 3.39. The molecule has 0 aromatic heterocycles. The van der Waals surface area contributed by atoms with E-state index < -0.39 is 10.0 Å². The van der Waals surface area contributed by atoms with Crippen molar-refractivity contribution in [3.63, 3.8) is 0 Å². The number of carbonyl (C=O) groups excluding carboxylic acids is 1. The SMILES string of the molecule is CCOc1ccc(C(=O)N2CCN(c3cccc(Cl)c3)CC2)cc1S(=O)(=O)NC(C)C. The Morgan fingerprint density at radius 1 is 1.13 bits per heavy atom. The topological polar surface area (TPSA) is 79.0 Å². The molecule has 1 amide bonds. The van der Waals surface area contributed by atoms with Crippen molar-refractivity contribution in [3.05, 3.63) is 53.1 Å². The molecule has 1 N–H and O–H groups in total. The standard InChI is InChI=1S/C22H28ClN3O4S/c1-4-30-20-9-8-17(14-21(20)31(28,29)24-16(2)3)22(27)26-12-10-25(11-13-26)19-7-5-6-18(23)15-19/h5-9,14-16,24H,4,10-13H2,1-3H3. The summed E-state index contributed by atoms with van der Waals surface area (Å²) in [6.45, 7) is 7.99. The number of nitrogens with one attached hydrogen (secondary N) is 1. The number of halogens is 1. The number of rotatable bonds is 7. The maximum atomic E-state index is 13.1. The van der Waals surface area contributed by atoms with Crippen LogP contribution >= 0.6 is 11.6 Å². The number of anilines is 1. The molecule has 0 radical (unpaired) electrons. The lowest BCUT2D eigenvalue weighted by molar-refractivity contribution is 0.0746. The van der Waals surface area contributed by atoms with E-state index in [1.807, 2.05) is 24.3 Å². The molecule has 1 heterocycles. The maximum Gasteiger partial charge on any atom is 0.254 e. The summed E-state index contributed by atoms with van der Waals surface area (Å²) in [4.78, 5) is 17.0. The van der Waals surface area contributed by atoms with Crippen molar-refractivity contribution in [1.82, 2.24) is 9.62 Å². The summed E-state index contributed by atoms with van der Waals surface area (Å²) in [5.41, 5.74) is 1.34. The second-order valence-electron chi connectivity index (χ2n) is 7.63. The lowest BCUT2D eigenvalue weighted by atomic mass is 10.1. The number of benzene rings is 2. The van der Waals surface area contributed by atoms with Gasteiger partial charge in [-0.3, -0.25) is 4.79 Å². The van der Waals surface area contributed by atoms with Gasteiger partial charge in [0.1, 0.15) is 10.6 Å². The highest BCUT2D eigenvalue weighted by Gasteiger charge is 2.26. The Bertz CT molecular complexity index is 1030. The molecular formula is C22H28ClN3O4S. The number of hydrogen-bond acceptors (Lipinski definition) is 5.